The van der Waals surface area contributed by atoms with E-state index in [-0.39, 0.29) is 5.56 Å². The van der Waals surface area contributed by atoms with Crippen LogP contribution in [0.5, 0.6) is 0 Å². The summed E-state index contributed by atoms with van der Waals surface area (Å²) in [5.74, 6) is 0. The van der Waals surface area contributed by atoms with Gasteiger partial charge >= 0.3 is 0 Å². The number of aromatic amines is 1. The van der Waals surface area contributed by atoms with Crippen molar-refractivity contribution >= 4 is 28.2 Å². The SMILES string of the molecule is CCNC(=S)N(CC[NH+](C)C)Cc1cc2cc(C)ccc2[nH]c1=O. The van der Waals surface area contributed by atoms with Gasteiger partial charge in [0.2, 0.25) is 0 Å². The number of thiocarbonyl (C=S) groups is 1. The van der Waals surface area contributed by atoms with Gasteiger partial charge in [0.25, 0.3) is 5.56 Å². The zero-order chi connectivity index (χ0) is 17.7. The predicted octanol–water partition coefficient (Wildman–Crippen LogP) is 0.677. The van der Waals surface area contributed by atoms with E-state index in [4.69, 9.17) is 12.2 Å². The normalized spacial score (nSPS) is 11.0. The highest BCUT2D eigenvalue weighted by Crippen LogP contribution is 2.14. The maximum Gasteiger partial charge on any atom is 0.253 e. The fraction of sp³-hybridized carbons (Fsp3) is 0.444. The number of H-pyrrole nitrogens is 1. The number of nitrogens with one attached hydrogen (secondary N) is 3. The van der Waals surface area contributed by atoms with E-state index in [0.717, 1.165) is 36.1 Å². The number of benzene rings is 1. The second-order valence-corrected chi connectivity index (χ2v) is 6.82. The summed E-state index contributed by atoms with van der Waals surface area (Å²) < 4.78 is 0. The van der Waals surface area contributed by atoms with E-state index in [0.29, 0.717) is 11.7 Å². The lowest BCUT2D eigenvalue weighted by atomic mass is 10.1. The standard InChI is InChI=1S/C18H26N4OS/c1-5-19-18(24)22(9-8-21(3)4)12-15-11-14-10-13(2)6-7-16(14)20-17(15)23/h6-7,10-11H,5,8-9,12H2,1-4H3,(H,19,24)(H,20,23)/p+1. The lowest BCUT2D eigenvalue weighted by molar-refractivity contribution is -0.857. The molecule has 2 rings (SSSR count). The van der Waals surface area contributed by atoms with E-state index in [2.05, 4.69) is 42.3 Å². The first-order valence-corrected chi connectivity index (χ1v) is 8.76. The molecule has 1 heterocycles. The molecule has 24 heavy (non-hydrogen) atoms. The van der Waals surface area contributed by atoms with Gasteiger partial charge in [-0.05, 0) is 49.7 Å². The number of aryl methyl sites for hydroxylation is 1. The molecule has 5 nitrogen and oxygen atoms in total. The Morgan fingerprint density at radius 3 is 2.75 bits per heavy atom. The van der Waals surface area contributed by atoms with Crippen molar-refractivity contribution in [2.75, 3.05) is 33.7 Å². The van der Waals surface area contributed by atoms with Crippen molar-refractivity contribution in [3.8, 4) is 0 Å². The smallest absolute Gasteiger partial charge is 0.253 e. The van der Waals surface area contributed by atoms with Crippen LogP contribution in [0.2, 0.25) is 0 Å². The summed E-state index contributed by atoms with van der Waals surface area (Å²) in [5.41, 5.74) is 2.74. The van der Waals surface area contributed by atoms with Crippen LogP contribution < -0.4 is 15.8 Å². The van der Waals surface area contributed by atoms with Crippen molar-refractivity contribution in [2.45, 2.75) is 20.4 Å². The lowest BCUT2D eigenvalue weighted by Gasteiger charge is -2.26. The molecule has 3 N–H and O–H groups in total. The van der Waals surface area contributed by atoms with Gasteiger partial charge in [0.15, 0.2) is 5.11 Å². The molecule has 0 radical (unpaired) electrons. The van der Waals surface area contributed by atoms with Gasteiger partial charge in [-0.3, -0.25) is 4.79 Å². The molecular formula is C18H27N4OS+. The first-order chi connectivity index (χ1) is 11.4. The first-order valence-electron chi connectivity index (χ1n) is 8.35. The van der Waals surface area contributed by atoms with E-state index in [1.165, 1.54) is 10.5 Å². The average molecular weight is 348 g/mol. The van der Waals surface area contributed by atoms with Gasteiger partial charge in [-0.1, -0.05) is 11.6 Å². The molecule has 0 spiro atoms. The summed E-state index contributed by atoms with van der Waals surface area (Å²) in [6.45, 7) is 7.12. The highest BCUT2D eigenvalue weighted by molar-refractivity contribution is 7.80. The van der Waals surface area contributed by atoms with Crippen molar-refractivity contribution < 1.29 is 4.90 Å². The van der Waals surface area contributed by atoms with E-state index < -0.39 is 0 Å². The topological polar surface area (TPSA) is 52.6 Å². The second-order valence-electron chi connectivity index (χ2n) is 6.43. The third-order valence-electron chi connectivity index (χ3n) is 3.93. The molecule has 2 aromatic rings. The van der Waals surface area contributed by atoms with Crippen molar-refractivity contribution in [1.29, 1.82) is 0 Å². The fourth-order valence-corrected chi connectivity index (χ4v) is 2.87. The minimum Gasteiger partial charge on any atom is -0.363 e. The van der Waals surface area contributed by atoms with Crippen LogP contribution in [-0.4, -0.2) is 48.7 Å². The van der Waals surface area contributed by atoms with Gasteiger partial charge in [-0.2, -0.15) is 0 Å². The molecule has 0 aliphatic heterocycles. The summed E-state index contributed by atoms with van der Waals surface area (Å²) in [5, 5.41) is 4.94. The Morgan fingerprint density at radius 1 is 1.33 bits per heavy atom. The number of likely N-dealkylation sites (N-methyl/N-ethyl adjacent to an activating group) is 1. The van der Waals surface area contributed by atoms with E-state index in [9.17, 15) is 4.79 Å². The maximum atomic E-state index is 12.4. The van der Waals surface area contributed by atoms with E-state index >= 15 is 0 Å². The highest BCUT2D eigenvalue weighted by atomic mass is 32.1. The summed E-state index contributed by atoms with van der Waals surface area (Å²) in [4.78, 5) is 18.8. The average Bonchev–Trinajstić information content (AvgIpc) is 2.52. The molecule has 0 unspecified atom stereocenters. The Bertz CT molecular complexity index is 769. The van der Waals surface area contributed by atoms with Crippen LogP contribution in [-0.2, 0) is 6.54 Å². The van der Waals surface area contributed by atoms with Gasteiger partial charge in [0.1, 0.15) is 0 Å². The molecule has 0 saturated heterocycles. The molecule has 1 aromatic carbocycles. The Labute approximate surface area is 148 Å². The molecule has 0 aliphatic carbocycles. The Balaban J connectivity index is 2.29. The van der Waals surface area contributed by atoms with Gasteiger partial charge in [0, 0.05) is 17.6 Å². The molecule has 0 aliphatic rings. The summed E-state index contributed by atoms with van der Waals surface area (Å²) >= 11 is 5.48. The molecular weight excluding hydrogens is 320 g/mol. The molecule has 6 heteroatoms. The molecule has 0 amide bonds. The quantitative estimate of drug-likeness (QED) is 0.673. The molecule has 130 valence electrons. The van der Waals surface area contributed by atoms with Crippen molar-refractivity contribution in [2.24, 2.45) is 0 Å². The second kappa shape index (κ2) is 8.26. The Hall–Kier alpha value is -1.92. The van der Waals surface area contributed by atoms with Crippen LogP contribution in [0.25, 0.3) is 10.9 Å². The number of pyridine rings is 1. The van der Waals surface area contributed by atoms with Crippen LogP contribution >= 0.6 is 12.2 Å². The van der Waals surface area contributed by atoms with Crippen LogP contribution in [0, 0.1) is 6.92 Å². The van der Waals surface area contributed by atoms with Gasteiger partial charge in [0.05, 0.1) is 33.7 Å². The third-order valence-corrected chi connectivity index (χ3v) is 4.34. The number of fused-ring (bicyclic) bond motifs is 1. The minimum absolute atomic E-state index is 0.0483. The van der Waals surface area contributed by atoms with Crippen molar-refractivity contribution in [3.63, 3.8) is 0 Å². The monoisotopic (exact) mass is 347 g/mol. The number of hydrogen-bond donors (Lipinski definition) is 3. The lowest BCUT2D eigenvalue weighted by Crippen LogP contribution is -3.06. The van der Waals surface area contributed by atoms with E-state index in [1.807, 2.05) is 25.1 Å². The van der Waals surface area contributed by atoms with Gasteiger partial charge in [-0.25, -0.2) is 0 Å². The predicted molar refractivity (Wildman–Crippen MR) is 104 cm³/mol. The van der Waals surface area contributed by atoms with Crippen molar-refractivity contribution in [3.05, 3.63) is 45.7 Å². The van der Waals surface area contributed by atoms with Crippen LogP contribution in [0.4, 0.5) is 0 Å². The molecule has 1 aromatic heterocycles. The van der Waals surface area contributed by atoms with Crippen LogP contribution in [0.15, 0.2) is 29.1 Å². The van der Waals surface area contributed by atoms with Gasteiger partial charge < -0.3 is 20.1 Å². The van der Waals surface area contributed by atoms with Crippen LogP contribution in [0.1, 0.15) is 18.1 Å². The zero-order valence-corrected chi connectivity index (χ0v) is 15.7. The number of nitrogens with zero attached hydrogens (tertiary/aromatic N) is 1. The third kappa shape index (κ3) is 4.79. The molecule has 0 bridgehead atoms. The zero-order valence-electron chi connectivity index (χ0n) is 14.9. The first kappa shape index (κ1) is 18.4. The summed E-state index contributed by atoms with van der Waals surface area (Å²) in [6, 6.07) is 8.02. The number of quaternary nitrogens is 1. The fourth-order valence-electron chi connectivity index (χ4n) is 2.57. The largest absolute Gasteiger partial charge is 0.363 e. The summed E-state index contributed by atoms with van der Waals surface area (Å²) in [7, 11) is 4.22. The minimum atomic E-state index is -0.0483. The molecule has 0 saturated carbocycles. The molecule has 0 atom stereocenters. The number of hydrogen-bond acceptors (Lipinski definition) is 2. The summed E-state index contributed by atoms with van der Waals surface area (Å²) in [6.07, 6.45) is 0. The molecule has 0 fully saturated rings. The Kier molecular flexibility index (Phi) is 6.34. The number of aromatic nitrogens is 1. The number of rotatable bonds is 6. The van der Waals surface area contributed by atoms with Crippen molar-refractivity contribution in [1.82, 2.24) is 15.2 Å². The Morgan fingerprint density at radius 2 is 2.08 bits per heavy atom. The van der Waals surface area contributed by atoms with Gasteiger partial charge in [-0.15, -0.1) is 0 Å². The van der Waals surface area contributed by atoms with Crippen LogP contribution in [0.3, 0.4) is 0 Å². The maximum absolute atomic E-state index is 12.4. The highest BCUT2D eigenvalue weighted by Gasteiger charge is 2.14. The van der Waals surface area contributed by atoms with E-state index in [1.54, 1.807) is 0 Å².